The lowest BCUT2D eigenvalue weighted by Crippen LogP contribution is -2.40. The number of nitrogens with two attached hydrogens (primary N) is 1. The Morgan fingerprint density at radius 2 is 1.97 bits per heavy atom. The van der Waals surface area contributed by atoms with Crippen LogP contribution in [0.2, 0.25) is 0 Å². The van der Waals surface area contributed by atoms with E-state index >= 15 is 0 Å². The Morgan fingerprint density at radius 3 is 2.69 bits per heavy atom. The smallest absolute Gasteiger partial charge is 0.248 e. The van der Waals surface area contributed by atoms with Crippen molar-refractivity contribution in [3.05, 3.63) is 53.7 Å². The Balaban J connectivity index is 1.80. The van der Waals surface area contributed by atoms with E-state index in [1.807, 2.05) is 25.3 Å². The first kappa shape index (κ1) is 19.4. The van der Waals surface area contributed by atoms with Crippen molar-refractivity contribution in [2.75, 3.05) is 11.4 Å². The van der Waals surface area contributed by atoms with E-state index in [2.05, 4.69) is 54.1 Å². The highest BCUT2D eigenvalue weighted by Crippen LogP contribution is 2.38. The minimum atomic E-state index is -0.414. The summed E-state index contributed by atoms with van der Waals surface area (Å²) in [5, 5.41) is 11.0. The number of hydrogen-bond acceptors (Lipinski definition) is 4. The van der Waals surface area contributed by atoms with Gasteiger partial charge in [-0.3, -0.25) is 4.79 Å². The lowest BCUT2D eigenvalue weighted by Gasteiger charge is -2.36. The van der Waals surface area contributed by atoms with Crippen molar-refractivity contribution in [3.63, 3.8) is 0 Å². The van der Waals surface area contributed by atoms with Gasteiger partial charge in [-0.15, -0.1) is 5.10 Å². The first-order valence-electron chi connectivity index (χ1n) is 10.2. The minimum Gasteiger partial charge on any atom is -0.366 e. The van der Waals surface area contributed by atoms with Crippen LogP contribution in [0.4, 0.5) is 5.82 Å². The molecule has 2 N–H and O–H groups in total. The van der Waals surface area contributed by atoms with Crippen LogP contribution in [0.25, 0.3) is 21.9 Å². The van der Waals surface area contributed by atoms with E-state index in [9.17, 15) is 4.79 Å². The van der Waals surface area contributed by atoms with Crippen LogP contribution in [0, 0.1) is 12.3 Å². The molecule has 1 aliphatic rings. The number of carbonyl (C=O) groups excluding carboxylic acids is 1. The monoisotopic (exact) mass is 388 g/mol. The molecule has 2 heterocycles. The van der Waals surface area contributed by atoms with Gasteiger partial charge < -0.3 is 10.6 Å². The summed E-state index contributed by atoms with van der Waals surface area (Å²) in [7, 11) is 0. The van der Waals surface area contributed by atoms with Gasteiger partial charge in [0.25, 0.3) is 0 Å². The molecule has 0 saturated carbocycles. The van der Waals surface area contributed by atoms with Crippen molar-refractivity contribution < 1.29 is 4.79 Å². The molecule has 1 saturated heterocycles. The van der Waals surface area contributed by atoms with Crippen LogP contribution in [0.15, 0.2) is 42.6 Å². The predicted octanol–water partition coefficient (Wildman–Crippen LogP) is 4.72. The number of nitrogens with zero attached hydrogens (tertiary/aromatic N) is 3. The first-order chi connectivity index (χ1) is 13.8. The fraction of sp³-hybridized carbons (Fsp3) is 0.375. The van der Waals surface area contributed by atoms with E-state index < -0.39 is 5.91 Å². The lowest BCUT2D eigenvalue weighted by atomic mass is 9.85. The number of primary amides is 1. The summed E-state index contributed by atoms with van der Waals surface area (Å²) in [6.45, 7) is 9.93. The van der Waals surface area contributed by atoms with Gasteiger partial charge in [-0.1, -0.05) is 32.9 Å². The quantitative estimate of drug-likeness (QED) is 0.705. The molecule has 5 heteroatoms. The maximum atomic E-state index is 11.6. The number of carbonyl (C=O) groups is 1. The minimum absolute atomic E-state index is 0.187. The predicted molar refractivity (Wildman–Crippen MR) is 118 cm³/mol. The summed E-state index contributed by atoms with van der Waals surface area (Å²) in [5.41, 5.74) is 9.34. The molecule has 0 radical (unpaired) electrons. The fourth-order valence-electron chi connectivity index (χ4n) is 4.46. The molecule has 4 rings (SSSR count). The van der Waals surface area contributed by atoms with Crippen molar-refractivity contribution in [1.29, 1.82) is 0 Å². The number of aromatic nitrogens is 2. The second kappa shape index (κ2) is 7.14. The number of hydrogen-bond donors (Lipinski definition) is 1. The third kappa shape index (κ3) is 3.57. The average Bonchev–Trinajstić information content (AvgIpc) is 3.17. The van der Waals surface area contributed by atoms with E-state index in [4.69, 9.17) is 5.73 Å². The average molecular weight is 389 g/mol. The molecule has 3 aromatic rings. The summed E-state index contributed by atoms with van der Waals surface area (Å²) in [5.74, 6) is 0.552. The molecule has 0 unspecified atom stereocenters. The maximum Gasteiger partial charge on any atom is 0.248 e. The number of amides is 1. The van der Waals surface area contributed by atoms with Crippen LogP contribution >= 0.6 is 0 Å². The molecular formula is C24H28N4O. The van der Waals surface area contributed by atoms with Crippen molar-refractivity contribution in [3.8, 4) is 11.1 Å². The van der Waals surface area contributed by atoms with Gasteiger partial charge in [0.05, 0.1) is 6.20 Å². The molecule has 150 valence electrons. The number of benzene rings is 2. The van der Waals surface area contributed by atoms with Gasteiger partial charge >= 0.3 is 0 Å². The summed E-state index contributed by atoms with van der Waals surface area (Å²) >= 11 is 0. The van der Waals surface area contributed by atoms with Gasteiger partial charge in [-0.25, -0.2) is 0 Å². The molecule has 0 aliphatic carbocycles. The van der Waals surface area contributed by atoms with Crippen molar-refractivity contribution in [1.82, 2.24) is 10.2 Å². The van der Waals surface area contributed by atoms with Crippen LogP contribution in [0.3, 0.4) is 0 Å². The van der Waals surface area contributed by atoms with Crippen LogP contribution in [0.1, 0.15) is 49.5 Å². The van der Waals surface area contributed by atoms with Crippen LogP contribution in [0.5, 0.6) is 0 Å². The normalized spacial score (nSPS) is 17.1. The van der Waals surface area contributed by atoms with Crippen LogP contribution in [-0.2, 0) is 0 Å². The Bertz CT molecular complexity index is 1080. The Kier molecular flexibility index (Phi) is 4.77. The first-order valence-corrected chi connectivity index (χ1v) is 10.2. The molecule has 0 bridgehead atoms. The van der Waals surface area contributed by atoms with Gasteiger partial charge in [0, 0.05) is 28.9 Å². The van der Waals surface area contributed by atoms with E-state index in [1.165, 1.54) is 12.8 Å². The highest BCUT2D eigenvalue weighted by Gasteiger charge is 2.35. The highest BCUT2D eigenvalue weighted by molar-refractivity contribution is 5.97. The van der Waals surface area contributed by atoms with Gasteiger partial charge in [0.1, 0.15) is 0 Å². The molecule has 0 spiro atoms. The van der Waals surface area contributed by atoms with Gasteiger partial charge in [-0.2, -0.15) is 5.10 Å². The fourth-order valence-corrected chi connectivity index (χ4v) is 4.46. The Labute approximate surface area is 171 Å². The zero-order valence-electron chi connectivity index (χ0n) is 17.6. The summed E-state index contributed by atoms with van der Waals surface area (Å²) < 4.78 is 0. The maximum absolute atomic E-state index is 11.6. The zero-order chi connectivity index (χ0) is 20.8. The van der Waals surface area contributed by atoms with E-state index in [-0.39, 0.29) is 5.41 Å². The number of anilines is 1. The van der Waals surface area contributed by atoms with Crippen molar-refractivity contribution >= 4 is 22.5 Å². The summed E-state index contributed by atoms with van der Waals surface area (Å²) in [6, 6.07) is 12.4. The molecule has 1 amide bonds. The molecular weight excluding hydrogens is 360 g/mol. The van der Waals surface area contributed by atoms with Crippen LogP contribution < -0.4 is 10.6 Å². The second-order valence-corrected chi connectivity index (χ2v) is 9.08. The van der Waals surface area contributed by atoms with E-state index in [1.54, 1.807) is 6.07 Å². The summed E-state index contributed by atoms with van der Waals surface area (Å²) in [4.78, 5) is 14.0. The van der Waals surface area contributed by atoms with Crippen molar-refractivity contribution in [2.45, 2.75) is 46.6 Å². The zero-order valence-corrected chi connectivity index (χ0v) is 17.6. The summed E-state index contributed by atoms with van der Waals surface area (Å²) in [6.07, 6.45) is 4.17. The molecule has 1 atom stereocenters. The van der Waals surface area contributed by atoms with E-state index in [0.29, 0.717) is 11.6 Å². The standard InChI is InChI=1S/C24H28N4O/c1-15-7-8-17(22(25)29)13-20(15)16-9-10-19-18(12-16)14-26-27-23(19)28-11-5-6-21(28)24(2,3)4/h7-10,12-14,21H,5-6,11H2,1-4H3,(H2,25,29)/t21-/m1/s1. The van der Waals surface area contributed by atoms with Gasteiger partial charge in [-0.05, 0) is 66.1 Å². The molecule has 2 aromatic carbocycles. The van der Waals surface area contributed by atoms with Crippen molar-refractivity contribution in [2.24, 2.45) is 11.1 Å². The van der Waals surface area contributed by atoms with Gasteiger partial charge in [0.2, 0.25) is 5.91 Å². The third-order valence-electron chi connectivity index (χ3n) is 6.00. The van der Waals surface area contributed by atoms with Crippen LogP contribution in [-0.4, -0.2) is 28.7 Å². The second-order valence-electron chi connectivity index (χ2n) is 9.08. The third-order valence-corrected chi connectivity index (χ3v) is 6.00. The molecule has 1 aromatic heterocycles. The molecule has 29 heavy (non-hydrogen) atoms. The highest BCUT2D eigenvalue weighted by atomic mass is 16.1. The molecule has 5 nitrogen and oxygen atoms in total. The number of rotatable bonds is 3. The topological polar surface area (TPSA) is 72.1 Å². The number of fused-ring (bicyclic) bond motifs is 1. The molecule has 1 fully saturated rings. The molecule has 1 aliphatic heterocycles. The largest absolute Gasteiger partial charge is 0.366 e. The Morgan fingerprint density at radius 1 is 1.17 bits per heavy atom. The lowest BCUT2D eigenvalue weighted by molar-refractivity contribution is 0.100. The SMILES string of the molecule is Cc1ccc(C(N)=O)cc1-c1ccc2c(N3CCC[C@@H]3C(C)(C)C)nncc2c1. The number of aryl methyl sites for hydroxylation is 1. The van der Waals surface area contributed by atoms with Gasteiger partial charge in [0.15, 0.2) is 5.82 Å². The Hall–Kier alpha value is -2.95. The van der Waals surface area contributed by atoms with E-state index in [0.717, 1.165) is 39.8 Å².